The SMILES string of the molecule is CCN(CC)C(=O)NC1CCN(C(=O)c2ccc(Cl)cc2)CC1. The summed E-state index contributed by atoms with van der Waals surface area (Å²) in [7, 11) is 0. The topological polar surface area (TPSA) is 52.7 Å². The Balaban J connectivity index is 1.85. The van der Waals surface area contributed by atoms with E-state index in [9.17, 15) is 9.59 Å². The van der Waals surface area contributed by atoms with Crippen LogP contribution < -0.4 is 5.32 Å². The van der Waals surface area contributed by atoms with Crippen LogP contribution in [-0.4, -0.2) is 54.0 Å². The van der Waals surface area contributed by atoms with E-state index in [0.717, 1.165) is 12.8 Å². The number of rotatable bonds is 4. The van der Waals surface area contributed by atoms with Crippen LogP contribution in [0.4, 0.5) is 4.79 Å². The van der Waals surface area contributed by atoms with Gasteiger partial charge >= 0.3 is 6.03 Å². The van der Waals surface area contributed by atoms with Gasteiger partial charge in [-0.3, -0.25) is 4.79 Å². The van der Waals surface area contributed by atoms with Crippen LogP contribution in [0.15, 0.2) is 24.3 Å². The normalized spacial score (nSPS) is 15.3. The second-order valence-corrected chi connectivity index (χ2v) is 6.13. The third-order valence-electron chi connectivity index (χ3n) is 4.25. The van der Waals surface area contributed by atoms with E-state index in [0.29, 0.717) is 36.8 Å². The van der Waals surface area contributed by atoms with E-state index in [1.54, 1.807) is 29.2 Å². The zero-order valence-corrected chi connectivity index (χ0v) is 14.5. The van der Waals surface area contributed by atoms with E-state index in [1.807, 2.05) is 18.7 Å². The smallest absolute Gasteiger partial charge is 0.317 e. The Labute approximate surface area is 142 Å². The number of hydrogen-bond acceptors (Lipinski definition) is 2. The van der Waals surface area contributed by atoms with Gasteiger partial charge in [0.05, 0.1) is 0 Å². The molecule has 1 N–H and O–H groups in total. The molecule has 126 valence electrons. The summed E-state index contributed by atoms with van der Waals surface area (Å²) >= 11 is 5.85. The highest BCUT2D eigenvalue weighted by atomic mass is 35.5. The highest BCUT2D eigenvalue weighted by Crippen LogP contribution is 2.16. The molecule has 0 atom stereocenters. The second-order valence-electron chi connectivity index (χ2n) is 5.70. The van der Waals surface area contributed by atoms with Crippen molar-refractivity contribution in [3.8, 4) is 0 Å². The Morgan fingerprint density at radius 2 is 1.74 bits per heavy atom. The van der Waals surface area contributed by atoms with Crippen molar-refractivity contribution in [1.82, 2.24) is 15.1 Å². The number of urea groups is 1. The number of likely N-dealkylation sites (tertiary alicyclic amines) is 1. The zero-order valence-electron chi connectivity index (χ0n) is 13.7. The van der Waals surface area contributed by atoms with Gasteiger partial charge in [0.2, 0.25) is 0 Å². The third kappa shape index (κ3) is 4.61. The quantitative estimate of drug-likeness (QED) is 0.918. The average molecular weight is 338 g/mol. The summed E-state index contributed by atoms with van der Waals surface area (Å²) in [5.41, 5.74) is 0.653. The fourth-order valence-corrected chi connectivity index (χ4v) is 2.90. The van der Waals surface area contributed by atoms with E-state index in [1.165, 1.54) is 0 Å². The first-order valence-corrected chi connectivity index (χ1v) is 8.53. The van der Waals surface area contributed by atoms with Crippen molar-refractivity contribution in [1.29, 1.82) is 0 Å². The molecule has 2 rings (SSSR count). The Kier molecular flexibility index (Phi) is 6.28. The average Bonchev–Trinajstić information content (AvgIpc) is 2.57. The maximum atomic E-state index is 12.4. The summed E-state index contributed by atoms with van der Waals surface area (Å²) in [6.07, 6.45) is 1.57. The van der Waals surface area contributed by atoms with Crippen LogP contribution in [0, 0.1) is 0 Å². The summed E-state index contributed by atoms with van der Waals surface area (Å²) in [4.78, 5) is 28.1. The molecule has 0 aromatic heterocycles. The monoisotopic (exact) mass is 337 g/mol. The molecule has 1 aromatic carbocycles. The van der Waals surface area contributed by atoms with Gasteiger partial charge < -0.3 is 15.1 Å². The van der Waals surface area contributed by atoms with Gasteiger partial charge in [0, 0.05) is 42.8 Å². The molecule has 1 saturated heterocycles. The fourth-order valence-electron chi connectivity index (χ4n) is 2.78. The maximum absolute atomic E-state index is 12.4. The molecule has 0 unspecified atom stereocenters. The lowest BCUT2D eigenvalue weighted by molar-refractivity contribution is 0.0706. The van der Waals surface area contributed by atoms with Gasteiger partial charge in [0.15, 0.2) is 0 Å². The van der Waals surface area contributed by atoms with Crippen LogP contribution in [0.25, 0.3) is 0 Å². The molecule has 0 radical (unpaired) electrons. The minimum atomic E-state index is -0.0162. The molecule has 0 aliphatic carbocycles. The maximum Gasteiger partial charge on any atom is 0.317 e. The summed E-state index contributed by atoms with van der Waals surface area (Å²) in [5.74, 6) is 0.0233. The third-order valence-corrected chi connectivity index (χ3v) is 4.50. The number of piperidine rings is 1. The zero-order chi connectivity index (χ0) is 16.8. The van der Waals surface area contributed by atoms with Crippen molar-refractivity contribution in [2.24, 2.45) is 0 Å². The van der Waals surface area contributed by atoms with Crippen LogP contribution >= 0.6 is 11.6 Å². The van der Waals surface area contributed by atoms with E-state index >= 15 is 0 Å². The Morgan fingerprint density at radius 3 is 2.26 bits per heavy atom. The predicted octanol–water partition coefficient (Wildman–Crippen LogP) is 3.00. The molecule has 1 aromatic rings. The van der Waals surface area contributed by atoms with Crippen LogP contribution in [0.3, 0.4) is 0 Å². The Bertz CT molecular complexity index is 535. The Hall–Kier alpha value is -1.75. The van der Waals surface area contributed by atoms with Gasteiger partial charge in [-0.25, -0.2) is 4.79 Å². The molecular formula is C17H24ClN3O2. The Morgan fingerprint density at radius 1 is 1.17 bits per heavy atom. The number of hydrogen-bond donors (Lipinski definition) is 1. The van der Waals surface area contributed by atoms with Gasteiger partial charge in [0.25, 0.3) is 5.91 Å². The highest BCUT2D eigenvalue weighted by molar-refractivity contribution is 6.30. The minimum Gasteiger partial charge on any atom is -0.338 e. The van der Waals surface area contributed by atoms with Crippen molar-refractivity contribution in [2.45, 2.75) is 32.7 Å². The molecule has 0 bridgehead atoms. The summed E-state index contributed by atoms with van der Waals surface area (Å²) in [6.45, 7) is 6.66. The molecule has 1 aliphatic rings. The van der Waals surface area contributed by atoms with Crippen LogP contribution in [0.1, 0.15) is 37.0 Å². The number of halogens is 1. The molecular weight excluding hydrogens is 314 g/mol. The first-order valence-electron chi connectivity index (χ1n) is 8.15. The first-order chi connectivity index (χ1) is 11.0. The highest BCUT2D eigenvalue weighted by Gasteiger charge is 2.25. The summed E-state index contributed by atoms with van der Waals surface area (Å²) in [5, 5.41) is 3.68. The van der Waals surface area contributed by atoms with E-state index < -0.39 is 0 Å². The predicted molar refractivity (Wildman–Crippen MR) is 91.8 cm³/mol. The molecule has 23 heavy (non-hydrogen) atoms. The lowest BCUT2D eigenvalue weighted by atomic mass is 10.0. The van der Waals surface area contributed by atoms with Gasteiger partial charge in [-0.05, 0) is 51.0 Å². The molecule has 1 fully saturated rings. The van der Waals surface area contributed by atoms with Crippen molar-refractivity contribution in [3.63, 3.8) is 0 Å². The van der Waals surface area contributed by atoms with Crippen LogP contribution in [0.5, 0.6) is 0 Å². The van der Waals surface area contributed by atoms with Crippen LogP contribution in [0.2, 0.25) is 5.02 Å². The second kappa shape index (κ2) is 8.20. The van der Waals surface area contributed by atoms with E-state index in [4.69, 9.17) is 11.6 Å². The molecule has 0 spiro atoms. The van der Waals surface area contributed by atoms with Crippen molar-refractivity contribution in [2.75, 3.05) is 26.2 Å². The fraction of sp³-hybridized carbons (Fsp3) is 0.529. The number of nitrogens with one attached hydrogen (secondary N) is 1. The van der Waals surface area contributed by atoms with Crippen molar-refractivity contribution >= 4 is 23.5 Å². The van der Waals surface area contributed by atoms with Crippen molar-refractivity contribution in [3.05, 3.63) is 34.9 Å². The van der Waals surface area contributed by atoms with Gasteiger partial charge in [0.1, 0.15) is 0 Å². The number of amides is 3. The molecule has 0 saturated carbocycles. The number of carbonyl (C=O) groups excluding carboxylic acids is 2. The van der Waals surface area contributed by atoms with Gasteiger partial charge in [-0.1, -0.05) is 11.6 Å². The molecule has 5 nitrogen and oxygen atoms in total. The molecule has 1 aliphatic heterocycles. The number of benzene rings is 1. The van der Waals surface area contributed by atoms with Crippen LogP contribution in [-0.2, 0) is 0 Å². The van der Waals surface area contributed by atoms with E-state index in [-0.39, 0.29) is 18.0 Å². The molecule has 3 amide bonds. The molecule has 1 heterocycles. The lowest BCUT2D eigenvalue weighted by Gasteiger charge is -2.33. The van der Waals surface area contributed by atoms with Crippen molar-refractivity contribution < 1.29 is 9.59 Å². The van der Waals surface area contributed by atoms with Gasteiger partial charge in [-0.2, -0.15) is 0 Å². The summed E-state index contributed by atoms with van der Waals surface area (Å²) in [6, 6.07) is 7.07. The largest absolute Gasteiger partial charge is 0.338 e. The lowest BCUT2D eigenvalue weighted by Crippen LogP contribution is -2.50. The standard InChI is InChI=1S/C17H24ClN3O2/c1-3-20(4-2)17(23)19-15-9-11-21(12-10-15)16(22)13-5-7-14(18)8-6-13/h5-8,15H,3-4,9-12H2,1-2H3,(H,19,23). The summed E-state index contributed by atoms with van der Waals surface area (Å²) < 4.78 is 0. The van der Waals surface area contributed by atoms with Gasteiger partial charge in [-0.15, -0.1) is 0 Å². The van der Waals surface area contributed by atoms with E-state index in [2.05, 4.69) is 5.32 Å². The molecule has 6 heteroatoms. The number of nitrogens with zero attached hydrogens (tertiary/aromatic N) is 2. The number of carbonyl (C=O) groups is 2. The first kappa shape index (κ1) is 17.6. The minimum absolute atomic E-state index is 0.0162.